The number of ether oxygens (including phenoxy) is 4. The highest BCUT2D eigenvalue weighted by Gasteiger charge is 2.63. The van der Waals surface area contributed by atoms with Crippen LogP contribution >= 0.6 is 11.6 Å². The van der Waals surface area contributed by atoms with E-state index in [9.17, 15) is 19.2 Å². The van der Waals surface area contributed by atoms with Crippen molar-refractivity contribution in [2.75, 3.05) is 39.2 Å². The Morgan fingerprint density at radius 2 is 1.71 bits per heavy atom. The van der Waals surface area contributed by atoms with Crippen molar-refractivity contribution in [3.8, 4) is 23.0 Å². The lowest BCUT2D eigenvalue weighted by Gasteiger charge is -2.42. The number of ketones is 2. The molecule has 1 N–H and O–H groups in total. The number of amides is 1. The third-order valence-corrected chi connectivity index (χ3v) is 10.4. The molecule has 0 bridgehead atoms. The second kappa shape index (κ2) is 11.8. The summed E-state index contributed by atoms with van der Waals surface area (Å²) in [6, 6.07) is 8.43. The highest BCUT2D eigenvalue weighted by atomic mass is 35.5. The Bertz CT molecular complexity index is 2100. The summed E-state index contributed by atoms with van der Waals surface area (Å²) in [6.07, 6.45) is 1.56. The molecule has 1 aliphatic carbocycles. The number of benzene rings is 2. The molecule has 2 aromatic carbocycles. The minimum atomic E-state index is -2.01. The number of carbonyl (C=O) groups is 3. The fourth-order valence-corrected chi connectivity index (χ4v) is 7.76. The lowest BCUT2D eigenvalue weighted by molar-refractivity contribution is -0.130. The van der Waals surface area contributed by atoms with Crippen molar-refractivity contribution in [1.29, 1.82) is 0 Å². The molecule has 0 unspecified atom stereocenters. The number of aromatic nitrogens is 2. The third kappa shape index (κ3) is 4.69. The number of anilines is 1. The van der Waals surface area contributed by atoms with E-state index in [0.717, 1.165) is 11.0 Å². The van der Waals surface area contributed by atoms with Gasteiger partial charge in [-0.3, -0.25) is 28.3 Å². The van der Waals surface area contributed by atoms with E-state index in [0.29, 0.717) is 43.1 Å². The molecule has 7 rings (SSSR count). The normalized spacial score (nSPS) is 22.5. The number of hydrogen-bond acceptors (Lipinski definition) is 10. The summed E-state index contributed by atoms with van der Waals surface area (Å²) in [5.74, 6) is -1.65. The van der Waals surface area contributed by atoms with Crippen LogP contribution in [0.15, 0.2) is 51.2 Å². The fraction of sp³-hybridized carbons (Fsp3) is 0.400. The summed E-state index contributed by atoms with van der Waals surface area (Å²) in [7, 11) is 5.74. The van der Waals surface area contributed by atoms with Gasteiger partial charge in [0.05, 0.1) is 26.3 Å². The average Bonchev–Trinajstić information content (AvgIpc) is 3.66. The zero-order valence-electron chi connectivity index (χ0n) is 27.7. The van der Waals surface area contributed by atoms with E-state index >= 15 is 4.79 Å². The summed E-state index contributed by atoms with van der Waals surface area (Å²) in [5.41, 5.74) is -1.72. The Labute approximate surface area is 286 Å². The molecule has 0 saturated carbocycles. The largest absolute Gasteiger partial charge is 0.496 e. The van der Waals surface area contributed by atoms with Crippen molar-refractivity contribution in [2.24, 2.45) is 20.0 Å². The number of methoxy groups -OCH3 is 2. The molecule has 3 aromatic rings. The number of likely N-dealkylation sites (tertiary alicyclic amines) is 1. The summed E-state index contributed by atoms with van der Waals surface area (Å²) in [5, 5.41) is 3.24. The first-order valence-electron chi connectivity index (χ1n) is 16.0. The van der Waals surface area contributed by atoms with E-state index in [1.54, 1.807) is 43.1 Å². The topological polar surface area (TPSA) is 147 Å². The van der Waals surface area contributed by atoms with Gasteiger partial charge in [0.1, 0.15) is 40.3 Å². The molecule has 1 spiro atoms. The number of allylic oxidation sites excluding steroid dienone is 1. The van der Waals surface area contributed by atoms with Crippen LogP contribution in [0.2, 0.25) is 5.02 Å². The van der Waals surface area contributed by atoms with E-state index < -0.39 is 40.3 Å². The first kappa shape index (κ1) is 32.5. The van der Waals surface area contributed by atoms with Gasteiger partial charge in [0, 0.05) is 56.2 Å². The van der Waals surface area contributed by atoms with Gasteiger partial charge in [-0.05, 0) is 30.5 Å². The Kier molecular flexibility index (Phi) is 7.85. The molecule has 4 heterocycles. The van der Waals surface area contributed by atoms with Gasteiger partial charge in [-0.25, -0.2) is 4.79 Å². The minimum Gasteiger partial charge on any atom is -0.496 e. The van der Waals surface area contributed by atoms with E-state index in [4.69, 9.17) is 30.5 Å². The number of Topliss-reactive ketones (excluding diaryl/α,β-unsaturated/α-hetero) is 2. The maximum atomic E-state index is 15.0. The Morgan fingerprint density at radius 3 is 2.37 bits per heavy atom. The molecule has 0 radical (unpaired) electrons. The highest BCUT2D eigenvalue weighted by Crippen LogP contribution is 2.56. The lowest BCUT2D eigenvalue weighted by atomic mass is 9.66. The van der Waals surface area contributed by atoms with E-state index in [1.807, 2.05) is 0 Å². The van der Waals surface area contributed by atoms with Gasteiger partial charge < -0.3 is 29.2 Å². The molecule has 14 heteroatoms. The van der Waals surface area contributed by atoms with Crippen molar-refractivity contribution >= 4 is 34.9 Å². The third-order valence-electron chi connectivity index (χ3n) is 10.1. The quantitative estimate of drug-likeness (QED) is 0.367. The summed E-state index contributed by atoms with van der Waals surface area (Å²) >= 11 is 6.64. The minimum absolute atomic E-state index is 0.0109. The molecule has 49 heavy (non-hydrogen) atoms. The maximum Gasteiger partial charge on any atom is 0.332 e. The second-order valence-corrected chi connectivity index (χ2v) is 13.1. The van der Waals surface area contributed by atoms with Crippen molar-refractivity contribution < 1.29 is 33.3 Å². The van der Waals surface area contributed by atoms with Gasteiger partial charge in [0.2, 0.25) is 23.1 Å². The fourth-order valence-electron chi connectivity index (χ4n) is 7.49. The lowest BCUT2D eigenvalue weighted by Crippen LogP contribution is -2.58. The predicted octanol–water partition coefficient (Wildman–Crippen LogP) is 3.19. The smallest absolute Gasteiger partial charge is 0.332 e. The zero-order chi connectivity index (χ0) is 34.9. The monoisotopic (exact) mass is 690 g/mol. The second-order valence-electron chi connectivity index (χ2n) is 12.7. The zero-order valence-corrected chi connectivity index (χ0v) is 28.4. The number of carbonyl (C=O) groups excluding carboxylic acids is 3. The van der Waals surface area contributed by atoms with Crippen molar-refractivity contribution in [1.82, 2.24) is 14.0 Å². The number of hydrogen-bond donors (Lipinski definition) is 1. The van der Waals surface area contributed by atoms with Crippen LogP contribution in [0.3, 0.4) is 0 Å². The Balaban J connectivity index is 1.33. The number of nitrogens with one attached hydrogen (secondary N) is 1. The molecule has 3 atom stereocenters. The van der Waals surface area contributed by atoms with Gasteiger partial charge in [-0.2, -0.15) is 0 Å². The molecule has 256 valence electrons. The number of nitrogens with zero attached hydrogens (tertiary/aromatic N) is 3. The van der Waals surface area contributed by atoms with E-state index in [2.05, 4.69) is 5.32 Å². The Morgan fingerprint density at radius 1 is 1.00 bits per heavy atom. The van der Waals surface area contributed by atoms with Crippen molar-refractivity contribution in [3.63, 3.8) is 0 Å². The van der Waals surface area contributed by atoms with Crippen LogP contribution in [0.5, 0.6) is 23.0 Å². The summed E-state index contributed by atoms with van der Waals surface area (Å²) in [4.78, 5) is 70.2. The maximum absolute atomic E-state index is 15.0. The van der Waals surface area contributed by atoms with E-state index in [1.165, 1.54) is 31.9 Å². The van der Waals surface area contributed by atoms with Gasteiger partial charge in [0.25, 0.3) is 5.56 Å². The van der Waals surface area contributed by atoms with Gasteiger partial charge >= 0.3 is 5.69 Å². The molecular weight excluding hydrogens is 656 g/mol. The van der Waals surface area contributed by atoms with Gasteiger partial charge in [0.15, 0.2) is 5.75 Å². The van der Waals surface area contributed by atoms with Gasteiger partial charge in [-0.15, -0.1) is 0 Å². The molecule has 13 nitrogen and oxygen atoms in total. The molecule has 1 amide bonds. The standard InChI is InChI=1S/C35H35ClN4O9/c1-17-15-20-25(30(42)35(17)31(43)26-21(46-4)16-22(47-5)28(36)29(26)49-35)24(27-32(37-20)38(2)34(45)39(3)33(27)44)18-8-10-19(11-9-18)48-14-13-40-12-6-7-23(40)41/h8-11,16-17,24,37H,6-7,12-15H2,1-5H3/t17-,24-,35+/m1/s1. The first-order chi connectivity index (χ1) is 23.4. The molecule has 1 fully saturated rings. The van der Waals surface area contributed by atoms with Crippen molar-refractivity contribution in [3.05, 3.63) is 84.2 Å². The Hall–Kier alpha value is -5.04. The van der Waals surface area contributed by atoms with Gasteiger partial charge in [-0.1, -0.05) is 30.7 Å². The van der Waals surface area contributed by atoms with Crippen LogP contribution in [0.25, 0.3) is 0 Å². The molecule has 1 saturated heterocycles. The summed E-state index contributed by atoms with van der Waals surface area (Å²) in [6.45, 7) is 3.21. The van der Waals surface area contributed by atoms with Crippen LogP contribution in [0.4, 0.5) is 5.82 Å². The van der Waals surface area contributed by atoms with Crippen LogP contribution in [-0.4, -0.2) is 71.0 Å². The first-order valence-corrected chi connectivity index (χ1v) is 16.4. The average molecular weight is 691 g/mol. The van der Waals surface area contributed by atoms with Crippen LogP contribution in [0.1, 0.15) is 53.6 Å². The summed E-state index contributed by atoms with van der Waals surface area (Å²) < 4.78 is 25.5. The molecule has 3 aliphatic heterocycles. The number of fused-ring (bicyclic) bond motifs is 2. The number of rotatable bonds is 7. The van der Waals surface area contributed by atoms with Crippen molar-refractivity contribution in [2.45, 2.75) is 37.7 Å². The predicted molar refractivity (Wildman–Crippen MR) is 178 cm³/mol. The van der Waals surface area contributed by atoms with Crippen LogP contribution in [-0.2, 0) is 23.7 Å². The highest BCUT2D eigenvalue weighted by molar-refractivity contribution is 6.36. The van der Waals surface area contributed by atoms with Crippen LogP contribution in [0, 0.1) is 5.92 Å². The van der Waals surface area contributed by atoms with E-state index in [-0.39, 0.29) is 57.1 Å². The molecular formula is C35H35ClN4O9. The molecule has 1 aromatic heterocycles. The van der Waals surface area contributed by atoms with Crippen LogP contribution < -0.4 is 35.5 Å². The number of halogens is 1. The molecule has 4 aliphatic rings. The SMILES string of the molecule is COc1cc(OC)c2c(c1Cl)O[C@@]1(C(=O)C3=C(C[C@H]1C)Nc1c(c(=O)n(C)c(=O)n1C)[C@@H]3c1ccc(OCCN3CCCC3=O)cc1)C2=O.